The van der Waals surface area contributed by atoms with E-state index in [0.29, 0.717) is 0 Å². The molecule has 0 aliphatic carbocycles. The minimum atomic E-state index is -3.50. The van der Waals surface area contributed by atoms with E-state index < -0.39 is 10.0 Å². The van der Waals surface area contributed by atoms with Crippen LogP contribution in [0, 0.1) is 13.8 Å². The van der Waals surface area contributed by atoms with Crippen molar-refractivity contribution >= 4 is 15.9 Å². The number of nitrogens with zero attached hydrogens (tertiary/aromatic N) is 1. The summed E-state index contributed by atoms with van der Waals surface area (Å²) < 4.78 is 25.3. The number of nitrogens with one attached hydrogen (secondary N) is 1. The van der Waals surface area contributed by atoms with Gasteiger partial charge in [-0.05, 0) is 37.5 Å². The van der Waals surface area contributed by atoms with Crippen molar-refractivity contribution < 1.29 is 13.2 Å². The van der Waals surface area contributed by atoms with Gasteiger partial charge in [0.1, 0.15) is 0 Å². The first-order valence-electron chi connectivity index (χ1n) is 8.52. The Morgan fingerprint density at radius 3 is 2.38 bits per heavy atom. The molecule has 0 saturated heterocycles. The lowest BCUT2D eigenvalue weighted by Gasteiger charge is -2.22. The van der Waals surface area contributed by atoms with Crippen LogP contribution in [0.15, 0.2) is 48.5 Å². The molecule has 2 aromatic carbocycles. The highest BCUT2D eigenvalue weighted by Gasteiger charge is 2.22. The molecule has 0 saturated carbocycles. The summed E-state index contributed by atoms with van der Waals surface area (Å²) >= 11 is 0. The molecule has 0 unspecified atom stereocenters. The van der Waals surface area contributed by atoms with E-state index in [9.17, 15) is 13.2 Å². The van der Waals surface area contributed by atoms with Gasteiger partial charge in [0.2, 0.25) is 15.9 Å². The maximum absolute atomic E-state index is 12.5. The Balaban J connectivity index is 2.08. The smallest absolute Gasteiger partial charge is 0.235 e. The third kappa shape index (κ3) is 5.68. The van der Waals surface area contributed by atoms with Crippen LogP contribution >= 0.6 is 0 Å². The van der Waals surface area contributed by atoms with Crippen LogP contribution in [0.2, 0.25) is 0 Å². The number of amides is 1. The number of benzene rings is 2. The second-order valence-electron chi connectivity index (χ2n) is 6.67. The van der Waals surface area contributed by atoms with E-state index >= 15 is 0 Å². The lowest BCUT2D eigenvalue weighted by Crippen LogP contribution is -2.40. The van der Waals surface area contributed by atoms with Crippen LogP contribution in [-0.4, -0.2) is 31.4 Å². The normalized spacial score (nSPS) is 12.8. The van der Waals surface area contributed by atoms with Gasteiger partial charge in [0.25, 0.3) is 0 Å². The topological polar surface area (TPSA) is 66.5 Å². The monoisotopic (exact) mass is 374 g/mol. The fourth-order valence-electron chi connectivity index (χ4n) is 2.83. The summed E-state index contributed by atoms with van der Waals surface area (Å²) in [5.74, 6) is -0.320. The van der Waals surface area contributed by atoms with Crippen molar-refractivity contribution in [2.24, 2.45) is 0 Å². The molecular weight excluding hydrogens is 348 g/mol. The van der Waals surface area contributed by atoms with Gasteiger partial charge < -0.3 is 5.32 Å². The highest BCUT2D eigenvalue weighted by atomic mass is 32.2. The van der Waals surface area contributed by atoms with Crippen LogP contribution in [-0.2, 0) is 21.4 Å². The predicted molar refractivity (Wildman–Crippen MR) is 104 cm³/mol. The Hall–Kier alpha value is -2.18. The summed E-state index contributed by atoms with van der Waals surface area (Å²) in [6.07, 6.45) is 1.12. The Bertz CT molecular complexity index is 864. The van der Waals surface area contributed by atoms with Crippen LogP contribution < -0.4 is 5.32 Å². The van der Waals surface area contributed by atoms with Gasteiger partial charge in [-0.15, -0.1) is 0 Å². The summed E-state index contributed by atoms with van der Waals surface area (Å²) in [7, 11) is -3.50. The van der Waals surface area contributed by atoms with Gasteiger partial charge in [-0.25, -0.2) is 8.42 Å². The molecule has 140 valence electrons. The fraction of sp³-hybridized carbons (Fsp3) is 0.350. The SMILES string of the molecule is Cc1ccc(C)c([C@@H](C)NC(=O)CN(Cc2ccccc2)S(C)(=O)=O)c1. The molecule has 1 atom stereocenters. The molecule has 0 aliphatic heterocycles. The number of carbonyl (C=O) groups is 1. The molecule has 0 spiro atoms. The first kappa shape index (κ1) is 20.1. The standard InChI is InChI=1S/C20H26N2O3S/c1-15-10-11-16(2)19(12-15)17(3)21-20(23)14-22(26(4,24)25)13-18-8-6-5-7-9-18/h5-12,17H,13-14H2,1-4H3,(H,21,23)/t17-/m1/s1. The maximum Gasteiger partial charge on any atom is 0.235 e. The van der Waals surface area contributed by atoms with Gasteiger partial charge >= 0.3 is 0 Å². The third-order valence-electron chi connectivity index (χ3n) is 4.27. The van der Waals surface area contributed by atoms with Gasteiger partial charge in [0.15, 0.2) is 0 Å². The van der Waals surface area contributed by atoms with E-state index in [0.717, 1.165) is 28.5 Å². The summed E-state index contributed by atoms with van der Waals surface area (Å²) in [6, 6.07) is 15.1. The zero-order valence-electron chi connectivity index (χ0n) is 15.7. The summed E-state index contributed by atoms with van der Waals surface area (Å²) in [5.41, 5.74) is 4.09. The molecule has 1 amide bonds. The molecule has 0 aromatic heterocycles. The Morgan fingerprint density at radius 1 is 1.12 bits per heavy atom. The number of carbonyl (C=O) groups excluding carboxylic acids is 1. The van der Waals surface area contributed by atoms with Crippen molar-refractivity contribution in [3.63, 3.8) is 0 Å². The quantitative estimate of drug-likeness (QED) is 0.810. The van der Waals surface area contributed by atoms with Gasteiger partial charge in [-0.2, -0.15) is 4.31 Å². The molecule has 2 aromatic rings. The molecule has 0 aliphatic rings. The zero-order chi connectivity index (χ0) is 19.3. The number of hydrogen-bond donors (Lipinski definition) is 1. The largest absolute Gasteiger partial charge is 0.348 e. The van der Waals surface area contributed by atoms with Crippen molar-refractivity contribution in [3.8, 4) is 0 Å². The van der Waals surface area contributed by atoms with Crippen LogP contribution in [0.1, 0.15) is 35.2 Å². The highest BCUT2D eigenvalue weighted by Crippen LogP contribution is 2.19. The first-order chi connectivity index (χ1) is 12.2. The predicted octanol–water partition coefficient (Wildman–Crippen LogP) is 2.94. The molecule has 26 heavy (non-hydrogen) atoms. The van der Waals surface area contributed by atoms with Crippen LogP contribution in [0.25, 0.3) is 0 Å². The minimum absolute atomic E-state index is 0.172. The van der Waals surface area contributed by atoms with Gasteiger partial charge in [0, 0.05) is 6.54 Å². The van der Waals surface area contributed by atoms with Crippen molar-refractivity contribution in [2.75, 3.05) is 12.8 Å². The van der Waals surface area contributed by atoms with Crippen LogP contribution in [0.5, 0.6) is 0 Å². The number of sulfonamides is 1. The number of aryl methyl sites for hydroxylation is 2. The molecule has 0 fully saturated rings. The molecule has 0 bridgehead atoms. The average molecular weight is 375 g/mol. The van der Waals surface area contributed by atoms with Gasteiger partial charge in [0.05, 0.1) is 18.8 Å². The van der Waals surface area contributed by atoms with E-state index in [1.54, 1.807) is 0 Å². The van der Waals surface area contributed by atoms with Crippen LogP contribution in [0.4, 0.5) is 0 Å². The van der Waals surface area contributed by atoms with E-state index in [-0.39, 0.29) is 25.0 Å². The first-order valence-corrected chi connectivity index (χ1v) is 10.4. The molecule has 2 rings (SSSR count). The molecule has 6 heteroatoms. The Kier molecular flexibility index (Phi) is 6.56. The van der Waals surface area contributed by atoms with E-state index in [4.69, 9.17) is 0 Å². The maximum atomic E-state index is 12.5. The summed E-state index contributed by atoms with van der Waals surface area (Å²) in [4.78, 5) is 12.5. The second-order valence-corrected chi connectivity index (χ2v) is 8.65. The van der Waals surface area contributed by atoms with Crippen molar-refractivity contribution in [2.45, 2.75) is 33.4 Å². The average Bonchev–Trinajstić information content (AvgIpc) is 2.56. The lowest BCUT2D eigenvalue weighted by atomic mass is 10.00. The van der Waals surface area contributed by atoms with Crippen molar-refractivity contribution in [3.05, 3.63) is 70.8 Å². The van der Waals surface area contributed by atoms with E-state index in [1.165, 1.54) is 4.31 Å². The number of rotatable bonds is 7. The Labute approximate surface area is 156 Å². The molecule has 5 nitrogen and oxygen atoms in total. The van der Waals surface area contributed by atoms with Crippen molar-refractivity contribution in [1.82, 2.24) is 9.62 Å². The van der Waals surface area contributed by atoms with E-state index in [1.807, 2.05) is 69.3 Å². The minimum Gasteiger partial charge on any atom is -0.348 e. The summed E-state index contributed by atoms with van der Waals surface area (Å²) in [5, 5.41) is 2.91. The van der Waals surface area contributed by atoms with Gasteiger partial charge in [-0.3, -0.25) is 4.79 Å². The van der Waals surface area contributed by atoms with Crippen molar-refractivity contribution in [1.29, 1.82) is 0 Å². The molecular formula is C20H26N2O3S. The lowest BCUT2D eigenvalue weighted by molar-refractivity contribution is -0.122. The highest BCUT2D eigenvalue weighted by molar-refractivity contribution is 7.88. The fourth-order valence-corrected chi connectivity index (χ4v) is 3.56. The number of hydrogen-bond acceptors (Lipinski definition) is 3. The Morgan fingerprint density at radius 2 is 1.77 bits per heavy atom. The van der Waals surface area contributed by atoms with Crippen LogP contribution in [0.3, 0.4) is 0 Å². The third-order valence-corrected chi connectivity index (χ3v) is 5.47. The van der Waals surface area contributed by atoms with E-state index in [2.05, 4.69) is 5.32 Å². The molecule has 0 heterocycles. The molecule has 0 radical (unpaired) electrons. The second kappa shape index (κ2) is 8.47. The zero-order valence-corrected chi connectivity index (χ0v) is 16.5. The summed E-state index contributed by atoms with van der Waals surface area (Å²) in [6.45, 7) is 5.87. The van der Waals surface area contributed by atoms with Gasteiger partial charge in [-0.1, -0.05) is 54.1 Å². The molecule has 1 N–H and O–H groups in total.